The highest BCUT2D eigenvalue weighted by atomic mass is 35.5. The molecule has 2 amide bonds. The lowest BCUT2D eigenvalue weighted by Crippen LogP contribution is -2.53. The average Bonchev–Trinajstić information content (AvgIpc) is 2.65. The Hall–Kier alpha value is -1.83. The van der Waals surface area contributed by atoms with E-state index in [4.69, 9.17) is 4.74 Å². The molecule has 0 spiro atoms. The van der Waals surface area contributed by atoms with Crippen LogP contribution in [-0.2, 0) is 9.59 Å². The van der Waals surface area contributed by atoms with Gasteiger partial charge < -0.3 is 9.64 Å². The summed E-state index contributed by atoms with van der Waals surface area (Å²) in [6.45, 7) is 5.81. The highest BCUT2D eigenvalue weighted by Crippen LogP contribution is 2.28. The highest BCUT2D eigenvalue weighted by molar-refractivity contribution is 5.99. The fraction of sp³-hybridized carbons (Fsp3) is 0.556. The molecule has 2 aliphatic heterocycles. The summed E-state index contributed by atoms with van der Waals surface area (Å²) in [7, 11) is 1.70. The maximum atomic E-state index is 11.8. The lowest BCUT2D eigenvalue weighted by atomic mass is 10.2. The van der Waals surface area contributed by atoms with Gasteiger partial charge in [0, 0.05) is 32.7 Å². The molecular weight excluding hydrogens is 356 g/mol. The van der Waals surface area contributed by atoms with Gasteiger partial charge in [-0.2, -0.15) is 0 Å². The largest absolute Gasteiger partial charge is 0.495 e. The Balaban J connectivity index is 0.00000243. The van der Waals surface area contributed by atoms with Crippen molar-refractivity contribution in [2.45, 2.75) is 6.42 Å². The van der Waals surface area contributed by atoms with Crippen molar-refractivity contribution in [2.75, 3.05) is 64.4 Å². The van der Waals surface area contributed by atoms with Crippen LogP contribution in [0.3, 0.4) is 0 Å². The van der Waals surface area contributed by atoms with E-state index in [9.17, 15) is 9.59 Å². The number of imide groups is 1. The summed E-state index contributed by atoms with van der Waals surface area (Å²) in [5.41, 5.74) is 1.14. The van der Waals surface area contributed by atoms with Crippen LogP contribution >= 0.6 is 12.4 Å². The molecule has 8 heteroatoms. The van der Waals surface area contributed by atoms with E-state index < -0.39 is 0 Å². The smallest absolute Gasteiger partial charge is 0.243 e. The Kier molecular flexibility index (Phi) is 7.68. The van der Waals surface area contributed by atoms with Gasteiger partial charge in [0.2, 0.25) is 11.8 Å². The van der Waals surface area contributed by atoms with Gasteiger partial charge in [0.25, 0.3) is 0 Å². The molecule has 0 bridgehead atoms. The van der Waals surface area contributed by atoms with E-state index in [-0.39, 0.29) is 37.3 Å². The molecule has 0 atom stereocenters. The molecule has 0 aliphatic carbocycles. The van der Waals surface area contributed by atoms with Crippen molar-refractivity contribution in [1.29, 1.82) is 0 Å². The predicted molar refractivity (Wildman–Crippen MR) is 103 cm³/mol. The number of carbonyl (C=O) groups excluding carboxylic acids is 2. The van der Waals surface area contributed by atoms with Crippen LogP contribution in [0.15, 0.2) is 24.3 Å². The number of para-hydroxylation sites is 2. The fourth-order valence-electron chi connectivity index (χ4n) is 3.41. The molecule has 1 N–H and O–H groups in total. The first-order chi connectivity index (χ1) is 12.2. The molecule has 1 aromatic rings. The molecule has 2 saturated heterocycles. The molecule has 0 saturated carbocycles. The lowest BCUT2D eigenvalue weighted by molar-refractivity contribution is -0.146. The van der Waals surface area contributed by atoms with E-state index >= 15 is 0 Å². The average molecular weight is 383 g/mol. The van der Waals surface area contributed by atoms with E-state index in [2.05, 4.69) is 21.2 Å². The summed E-state index contributed by atoms with van der Waals surface area (Å²) in [6.07, 6.45) is 0.826. The maximum Gasteiger partial charge on any atom is 0.243 e. The van der Waals surface area contributed by atoms with Crippen LogP contribution in [-0.4, -0.2) is 81.1 Å². The number of halogens is 1. The summed E-state index contributed by atoms with van der Waals surface area (Å²) in [4.78, 5) is 29.6. The Morgan fingerprint density at radius 1 is 1.00 bits per heavy atom. The number of benzene rings is 1. The van der Waals surface area contributed by atoms with Gasteiger partial charge in [0.05, 0.1) is 25.9 Å². The topological polar surface area (TPSA) is 65.1 Å². The molecule has 0 aromatic heterocycles. The second-order valence-electron chi connectivity index (χ2n) is 6.40. The molecule has 144 valence electrons. The summed E-state index contributed by atoms with van der Waals surface area (Å²) in [5.74, 6) is 0.682. The minimum Gasteiger partial charge on any atom is -0.495 e. The third-order valence-electron chi connectivity index (χ3n) is 4.81. The highest BCUT2D eigenvalue weighted by Gasteiger charge is 2.25. The number of nitrogens with zero attached hydrogens (tertiary/aromatic N) is 3. The maximum absolute atomic E-state index is 11.8. The fourth-order valence-corrected chi connectivity index (χ4v) is 3.41. The van der Waals surface area contributed by atoms with Crippen LogP contribution in [0.1, 0.15) is 6.42 Å². The number of nitrogens with one attached hydrogen (secondary N) is 1. The molecule has 1 aromatic carbocycles. The molecule has 7 nitrogen and oxygen atoms in total. The van der Waals surface area contributed by atoms with Crippen LogP contribution in [0.25, 0.3) is 0 Å². The number of carbonyl (C=O) groups is 2. The van der Waals surface area contributed by atoms with Crippen molar-refractivity contribution in [3.63, 3.8) is 0 Å². The first-order valence-electron chi connectivity index (χ1n) is 8.83. The number of rotatable bonds is 6. The Bertz CT molecular complexity index is 604. The SMILES string of the molecule is COc1ccccc1N1CCN(CCCN2C(=O)CNCC2=O)CC1.Cl. The number of amides is 2. The zero-order valence-corrected chi connectivity index (χ0v) is 16.0. The summed E-state index contributed by atoms with van der Waals surface area (Å²) < 4.78 is 5.45. The van der Waals surface area contributed by atoms with Gasteiger partial charge in [-0.05, 0) is 25.1 Å². The normalized spacial score (nSPS) is 18.7. The number of hydrogen-bond donors (Lipinski definition) is 1. The third kappa shape index (κ3) is 4.87. The minimum absolute atomic E-state index is 0. The van der Waals surface area contributed by atoms with Crippen LogP contribution in [0.2, 0.25) is 0 Å². The third-order valence-corrected chi connectivity index (χ3v) is 4.81. The number of anilines is 1. The standard InChI is InChI=1S/C18H26N4O3.ClH/c1-25-16-6-3-2-5-15(16)21-11-9-20(10-12-21)7-4-8-22-17(23)13-19-14-18(22)24;/h2-3,5-6,19H,4,7-14H2,1H3;1H. The van der Waals surface area contributed by atoms with Crippen LogP contribution < -0.4 is 15.0 Å². The molecule has 0 unspecified atom stereocenters. The van der Waals surface area contributed by atoms with Crippen molar-refractivity contribution in [2.24, 2.45) is 0 Å². The van der Waals surface area contributed by atoms with Gasteiger partial charge in [-0.25, -0.2) is 0 Å². The van der Waals surface area contributed by atoms with Gasteiger partial charge in [0.15, 0.2) is 0 Å². The van der Waals surface area contributed by atoms with E-state index in [0.717, 1.165) is 50.6 Å². The molecule has 26 heavy (non-hydrogen) atoms. The Labute approximate surface area is 160 Å². The van der Waals surface area contributed by atoms with Crippen molar-refractivity contribution >= 4 is 29.9 Å². The van der Waals surface area contributed by atoms with Gasteiger partial charge >= 0.3 is 0 Å². The quantitative estimate of drug-likeness (QED) is 0.726. The molecule has 0 radical (unpaired) electrons. The zero-order chi connectivity index (χ0) is 17.6. The molecule has 3 rings (SSSR count). The number of methoxy groups -OCH3 is 1. The van der Waals surface area contributed by atoms with Crippen molar-refractivity contribution in [3.05, 3.63) is 24.3 Å². The van der Waals surface area contributed by atoms with Crippen LogP contribution in [0.5, 0.6) is 5.75 Å². The van der Waals surface area contributed by atoms with Gasteiger partial charge in [-0.3, -0.25) is 24.7 Å². The lowest BCUT2D eigenvalue weighted by Gasteiger charge is -2.37. The minimum atomic E-state index is -0.114. The summed E-state index contributed by atoms with van der Waals surface area (Å²) in [6, 6.07) is 8.10. The van der Waals surface area contributed by atoms with E-state index in [1.54, 1.807) is 7.11 Å². The van der Waals surface area contributed by atoms with E-state index in [1.165, 1.54) is 4.90 Å². The molecule has 2 heterocycles. The Morgan fingerprint density at radius 2 is 1.65 bits per heavy atom. The Morgan fingerprint density at radius 3 is 2.31 bits per heavy atom. The molecular formula is C18H27ClN4O3. The van der Waals surface area contributed by atoms with E-state index in [0.29, 0.717) is 6.54 Å². The van der Waals surface area contributed by atoms with Crippen molar-refractivity contribution in [1.82, 2.24) is 15.1 Å². The van der Waals surface area contributed by atoms with Crippen LogP contribution in [0.4, 0.5) is 5.69 Å². The first-order valence-corrected chi connectivity index (χ1v) is 8.83. The van der Waals surface area contributed by atoms with Crippen LogP contribution in [0, 0.1) is 0 Å². The van der Waals surface area contributed by atoms with Gasteiger partial charge in [-0.1, -0.05) is 12.1 Å². The molecule has 2 fully saturated rings. The number of ether oxygens (including phenoxy) is 1. The monoisotopic (exact) mass is 382 g/mol. The molecule has 2 aliphatic rings. The first kappa shape index (κ1) is 20.5. The predicted octanol–water partition coefficient (Wildman–Crippen LogP) is 0.588. The second-order valence-corrected chi connectivity index (χ2v) is 6.40. The van der Waals surface area contributed by atoms with E-state index in [1.807, 2.05) is 18.2 Å². The summed E-state index contributed by atoms with van der Waals surface area (Å²) in [5, 5.41) is 2.82. The van der Waals surface area contributed by atoms with Crippen molar-refractivity contribution < 1.29 is 14.3 Å². The second kappa shape index (κ2) is 9.75. The van der Waals surface area contributed by atoms with Crippen molar-refractivity contribution in [3.8, 4) is 5.75 Å². The number of hydrogen-bond acceptors (Lipinski definition) is 6. The van der Waals surface area contributed by atoms with Gasteiger partial charge in [0.1, 0.15) is 5.75 Å². The zero-order valence-electron chi connectivity index (χ0n) is 15.1. The van der Waals surface area contributed by atoms with Gasteiger partial charge in [-0.15, -0.1) is 12.4 Å². The summed E-state index contributed by atoms with van der Waals surface area (Å²) >= 11 is 0. The number of piperazine rings is 2.